The summed E-state index contributed by atoms with van der Waals surface area (Å²) in [5.74, 6) is 3.91. The molecule has 0 amide bonds. The average molecular weight is 259 g/mol. The average Bonchev–Trinajstić information content (AvgIpc) is 2.25. The summed E-state index contributed by atoms with van der Waals surface area (Å²) in [6.45, 7) is 1.94. The van der Waals surface area contributed by atoms with Crippen LogP contribution in [-0.4, -0.2) is 6.04 Å². The maximum atomic E-state index is 13.2. The molecule has 18 heavy (non-hydrogen) atoms. The Morgan fingerprint density at radius 2 is 2.00 bits per heavy atom. The van der Waals surface area contributed by atoms with Gasteiger partial charge >= 0.3 is 6.18 Å². The Kier molecular flexibility index (Phi) is 4.74. The molecule has 0 fully saturated rings. The summed E-state index contributed by atoms with van der Waals surface area (Å²) in [6, 6.07) is 2.25. The van der Waals surface area contributed by atoms with Crippen molar-refractivity contribution in [2.45, 2.75) is 32.0 Å². The van der Waals surface area contributed by atoms with Gasteiger partial charge in [0, 0.05) is 5.56 Å². The van der Waals surface area contributed by atoms with Gasteiger partial charge in [0.25, 0.3) is 0 Å². The van der Waals surface area contributed by atoms with Gasteiger partial charge in [0.2, 0.25) is 0 Å². The summed E-state index contributed by atoms with van der Waals surface area (Å²) in [6.07, 6.45) is -3.14. The highest BCUT2D eigenvalue weighted by Crippen LogP contribution is 2.31. The normalized spacial score (nSPS) is 12.8. The number of hydrogen-bond donors (Lipinski definition) is 1. The molecule has 98 valence electrons. The molecular formula is C13H13F4N. The fraction of sp³-hybridized carbons (Fsp3) is 0.385. The summed E-state index contributed by atoms with van der Waals surface area (Å²) in [4.78, 5) is 0. The van der Waals surface area contributed by atoms with Crippen molar-refractivity contribution in [3.8, 4) is 11.8 Å². The summed E-state index contributed by atoms with van der Waals surface area (Å²) < 4.78 is 50.1. The van der Waals surface area contributed by atoms with Crippen molar-refractivity contribution in [1.82, 2.24) is 0 Å². The minimum atomic E-state index is -4.69. The molecular weight excluding hydrogens is 246 g/mol. The van der Waals surface area contributed by atoms with Gasteiger partial charge in [0.05, 0.1) is 11.6 Å². The first kappa shape index (κ1) is 14.5. The van der Waals surface area contributed by atoms with Crippen LogP contribution in [0.1, 0.15) is 30.9 Å². The Hall–Kier alpha value is -1.54. The molecule has 0 bridgehead atoms. The van der Waals surface area contributed by atoms with Crippen molar-refractivity contribution in [3.63, 3.8) is 0 Å². The second-order valence-electron chi connectivity index (χ2n) is 3.86. The van der Waals surface area contributed by atoms with Crippen LogP contribution in [-0.2, 0) is 6.18 Å². The molecule has 0 spiro atoms. The molecule has 5 heteroatoms. The van der Waals surface area contributed by atoms with Crippen LogP contribution in [0, 0.1) is 17.7 Å². The van der Waals surface area contributed by atoms with E-state index >= 15 is 0 Å². The minimum absolute atomic E-state index is 0.187. The van der Waals surface area contributed by atoms with Gasteiger partial charge in [-0.15, -0.1) is 0 Å². The maximum absolute atomic E-state index is 13.2. The molecule has 0 aliphatic rings. The molecule has 0 saturated carbocycles. The van der Waals surface area contributed by atoms with Crippen molar-refractivity contribution in [3.05, 3.63) is 35.1 Å². The van der Waals surface area contributed by atoms with Crippen LogP contribution in [0.3, 0.4) is 0 Å². The lowest BCUT2D eigenvalue weighted by Gasteiger charge is -2.07. The van der Waals surface area contributed by atoms with E-state index in [1.165, 1.54) is 0 Å². The van der Waals surface area contributed by atoms with E-state index in [4.69, 9.17) is 5.73 Å². The van der Waals surface area contributed by atoms with Crippen LogP contribution in [0.5, 0.6) is 0 Å². The lowest BCUT2D eigenvalue weighted by Crippen LogP contribution is -2.16. The Labute approximate surface area is 103 Å². The Morgan fingerprint density at radius 1 is 1.33 bits per heavy atom. The van der Waals surface area contributed by atoms with E-state index in [1.807, 2.05) is 6.92 Å². The van der Waals surface area contributed by atoms with E-state index in [-0.39, 0.29) is 11.6 Å². The van der Waals surface area contributed by atoms with Crippen molar-refractivity contribution in [1.29, 1.82) is 0 Å². The van der Waals surface area contributed by atoms with E-state index in [0.29, 0.717) is 12.5 Å². The summed E-state index contributed by atoms with van der Waals surface area (Å²) in [7, 11) is 0. The van der Waals surface area contributed by atoms with Crippen LogP contribution in [0.15, 0.2) is 18.2 Å². The van der Waals surface area contributed by atoms with Crippen molar-refractivity contribution < 1.29 is 17.6 Å². The first-order valence-corrected chi connectivity index (χ1v) is 5.48. The van der Waals surface area contributed by atoms with E-state index < -0.39 is 17.6 Å². The second kappa shape index (κ2) is 5.87. The number of hydrogen-bond acceptors (Lipinski definition) is 1. The van der Waals surface area contributed by atoms with Gasteiger partial charge in [-0.25, -0.2) is 4.39 Å². The standard InChI is InChI=1S/C13H13F4N/c1-2-3-10(18)6-4-9-5-7-11(12(14)8-9)13(15,16)17/h5,7-8,10H,2-3,18H2,1H3. The van der Waals surface area contributed by atoms with Crippen molar-refractivity contribution in [2.75, 3.05) is 0 Å². The molecule has 1 atom stereocenters. The Balaban J connectivity index is 2.92. The van der Waals surface area contributed by atoms with Gasteiger partial charge in [0.1, 0.15) is 5.82 Å². The van der Waals surface area contributed by atoms with Crippen LogP contribution < -0.4 is 5.73 Å². The summed E-state index contributed by atoms with van der Waals surface area (Å²) in [5, 5.41) is 0. The first-order valence-electron chi connectivity index (χ1n) is 5.48. The molecule has 1 rings (SSSR count). The van der Waals surface area contributed by atoms with Gasteiger partial charge < -0.3 is 5.73 Å². The molecule has 1 aromatic rings. The van der Waals surface area contributed by atoms with Gasteiger partial charge in [-0.1, -0.05) is 25.2 Å². The zero-order valence-corrected chi connectivity index (χ0v) is 9.81. The second-order valence-corrected chi connectivity index (χ2v) is 3.86. The maximum Gasteiger partial charge on any atom is 0.419 e. The van der Waals surface area contributed by atoms with E-state index in [0.717, 1.165) is 18.6 Å². The van der Waals surface area contributed by atoms with Gasteiger partial charge in [0.15, 0.2) is 0 Å². The van der Waals surface area contributed by atoms with Gasteiger partial charge in [-0.2, -0.15) is 13.2 Å². The fourth-order valence-electron chi connectivity index (χ4n) is 1.38. The highest BCUT2D eigenvalue weighted by molar-refractivity contribution is 5.38. The summed E-state index contributed by atoms with van der Waals surface area (Å²) >= 11 is 0. The zero-order chi connectivity index (χ0) is 13.8. The predicted octanol–water partition coefficient (Wildman–Crippen LogP) is 3.32. The molecule has 1 aromatic carbocycles. The minimum Gasteiger partial charge on any atom is -0.318 e. The Morgan fingerprint density at radius 3 is 2.50 bits per heavy atom. The Bertz CT molecular complexity index is 468. The molecule has 0 aromatic heterocycles. The topological polar surface area (TPSA) is 26.0 Å². The third kappa shape index (κ3) is 4.04. The van der Waals surface area contributed by atoms with Crippen LogP contribution in [0.2, 0.25) is 0 Å². The molecule has 0 heterocycles. The molecule has 0 aliphatic carbocycles. The third-order valence-electron chi connectivity index (χ3n) is 2.28. The number of nitrogens with two attached hydrogens (primary N) is 1. The van der Waals surface area contributed by atoms with Crippen LogP contribution in [0.4, 0.5) is 17.6 Å². The highest BCUT2D eigenvalue weighted by atomic mass is 19.4. The summed E-state index contributed by atoms with van der Waals surface area (Å²) in [5.41, 5.74) is 4.52. The smallest absolute Gasteiger partial charge is 0.318 e. The molecule has 0 radical (unpaired) electrons. The lowest BCUT2D eigenvalue weighted by atomic mass is 10.1. The molecule has 0 saturated heterocycles. The van der Waals surface area contributed by atoms with Crippen LogP contribution in [0.25, 0.3) is 0 Å². The number of alkyl halides is 3. The van der Waals surface area contributed by atoms with Gasteiger partial charge in [-0.3, -0.25) is 0 Å². The quantitative estimate of drug-likeness (QED) is 0.640. The highest BCUT2D eigenvalue weighted by Gasteiger charge is 2.33. The third-order valence-corrected chi connectivity index (χ3v) is 2.28. The van der Waals surface area contributed by atoms with E-state index in [9.17, 15) is 17.6 Å². The van der Waals surface area contributed by atoms with Crippen LogP contribution >= 0.6 is 0 Å². The van der Waals surface area contributed by atoms with Crippen molar-refractivity contribution in [2.24, 2.45) is 5.73 Å². The monoisotopic (exact) mass is 259 g/mol. The number of rotatable bonds is 2. The van der Waals surface area contributed by atoms with E-state index in [2.05, 4.69) is 11.8 Å². The molecule has 2 N–H and O–H groups in total. The number of halogens is 4. The fourth-order valence-corrected chi connectivity index (χ4v) is 1.38. The zero-order valence-electron chi connectivity index (χ0n) is 9.81. The largest absolute Gasteiger partial charge is 0.419 e. The first-order chi connectivity index (χ1) is 8.34. The van der Waals surface area contributed by atoms with E-state index in [1.54, 1.807) is 0 Å². The number of benzene rings is 1. The van der Waals surface area contributed by atoms with Crippen molar-refractivity contribution >= 4 is 0 Å². The predicted molar refractivity (Wildman–Crippen MR) is 61.2 cm³/mol. The molecule has 1 unspecified atom stereocenters. The molecule has 1 nitrogen and oxygen atoms in total. The SMILES string of the molecule is CCCC(N)C#Cc1ccc(C(F)(F)F)c(F)c1. The molecule has 0 aliphatic heterocycles. The van der Waals surface area contributed by atoms with Gasteiger partial charge in [-0.05, 0) is 24.6 Å². The lowest BCUT2D eigenvalue weighted by molar-refractivity contribution is -0.140.